The van der Waals surface area contributed by atoms with Gasteiger partial charge in [-0.3, -0.25) is 9.59 Å². The minimum absolute atomic E-state index is 0.249. The van der Waals surface area contributed by atoms with Crippen molar-refractivity contribution in [3.8, 4) is 5.75 Å². The number of aliphatic hydroxyl groups excluding tert-OH is 1. The van der Waals surface area contributed by atoms with Crippen molar-refractivity contribution in [3.05, 3.63) is 29.8 Å². The lowest BCUT2D eigenvalue weighted by molar-refractivity contribution is -0.128. The van der Waals surface area contributed by atoms with Gasteiger partial charge in [0.15, 0.2) is 0 Å². The fourth-order valence-electron chi connectivity index (χ4n) is 3.05. The number of primary amides is 1. The summed E-state index contributed by atoms with van der Waals surface area (Å²) in [6, 6.07) is 5.84. The van der Waals surface area contributed by atoms with E-state index >= 15 is 0 Å². The first-order valence-electron chi connectivity index (χ1n) is 11.6. The van der Waals surface area contributed by atoms with E-state index in [0.29, 0.717) is 30.9 Å². The number of carbonyl (C=O) groups is 3. The summed E-state index contributed by atoms with van der Waals surface area (Å²) >= 11 is 0. The van der Waals surface area contributed by atoms with Crippen molar-refractivity contribution in [2.24, 2.45) is 5.73 Å². The van der Waals surface area contributed by atoms with Gasteiger partial charge in [-0.25, -0.2) is 4.79 Å². The molecule has 0 aromatic heterocycles. The first-order chi connectivity index (χ1) is 15.5. The van der Waals surface area contributed by atoms with Crippen molar-refractivity contribution in [2.75, 3.05) is 19.8 Å². The molecule has 1 aromatic carbocycles. The molecule has 0 bridgehead atoms. The van der Waals surface area contributed by atoms with Crippen LogP contribution in [0.15, 0.2) is 24.3 Å². The molecule has 180 valence electrons. The third-order valence-corrected chi connectivity index (χ3v) is 5.00. The summed E-state index contributed by atoms with van der Waals surface area (Å²) in [6.07, 6.45) is 9.30. The smallest absolute Gasteiger partial charge is 0.338 e. The molecule has 8 heteroatoms. The molecule has 0 radical (unpaired) electrons. The van der Waals surface area contributed by atoms with Crippen LogP contribution in [0.4, 0.5) is 0 Å². The van der Waals surface area contributed by atoms with Crippen LogP contribution in [0.5, 0.6) is 5.75 Å². The van der Waals surface area contributed by atoms with Gasteiger partial charge in [0.25, 0.3) is 0 Å². The number of hydrogen-bond acceptors (Lipinski definition) is 6. The van der Waals surface area contributed by atoms with Crippen LogP contribution in [0.2, 0.25) is 0 Å². The fraction of sp³-hybridized carbons (Fsp3) is 0.625. The Balaban J connectivity index is 2.14. The van der Waals surface area contributed by atoms with Crippen LogP contribution < -0.4 is 15.8 Å². The van der Waals surface area contributed by atoms with Gasteiger partial charge in [-0.2, -0.15) is 0 Å². The van der Waals surface area contributed by atoms with Gasteiger partial charge >= 0.3 is 5.97 Å². The van der Waals surface area contributed by atoms with Crippen molar-refractivity contribution < 1.29 is 29.0 Å². The highest BCUT2D eigenvalue weighted by molar-refractivity contribution is 5.89. The van der Waals surface area contributed by atoms with Crippen LogP contribution in [0.1, 0.15) is 81.5 Å². The van der Waals surface area contributed by atoms with Gasteiger partial charge < -0.3 is 25.6 Å². The third kappa shape index (κ3) is 12.3. The van der Waals surface area contributed by atoms with E-state index < -0.39 is 18.6 Å². The van der Waals surface area contributed by atoms with Crippen LogP contribution in [0.25, 0.3) is 0 Å². The van der Waals surface area contributed by atoms with Crippen LogP contribution in [-0.4, -0.2) is 48.8 Å². The average Bonchev–Trinajstić information content (AvgIpc) is 2.79. The highest BCUT2D eigenvalue weighted by atomic mass is 16.5. The number of nitrogens with one attached hydrogen (secondary N) is 1. The second-order valence-corrected chi connectivity index (χ2v) is 7.79. The molecule has 4 N–H and O–H groups in total. The Kier molecular flexibility index (Phi) is 14.6. The summed E-state index contributed by atoms with van der Waals surface area (Å²) in [5.41, 5.74) is 5.57. The number of amides is 2. The van der Waals surface area contributed by atoms with E-state index in [1.54, 1.807) is 24.3 Å². The van der Waals surface area contributed by atoms with E-state index in [4.69, 9.17) is 20.3 Å². The maximum absolute atomic E-state index is 12.1. The van der Waals surface area contributed by atoms with Crippen molar-refractivity contribution >= 4 is 17.8 Å². The van der Waals surface area contributed by atoms with E-state index in [0.717, 1.165) is 25.7 Å². The average molecular weight is 451 g/mol. The second kappa shape index (κ2) is 17.0. The molecule has 32 heavy (non-hydrogen) atoms. The Morgan fingerprint density at radius 3 is 2.22 bits per heavy atom. The number of unbranched alkanes of at least 4 members (excludes halogenated alkanes) is 7. The van der Waals surface area contributed by atoms with Gasteiger partial charge in [0, 0.05) is 6.42 Å². The lowest BCUT2D eigenvalue weighted by Crippen LogP contribution is -2.46. The SMILES string of the molecule is CCCCCCCCOC(=O)c1ccc(OCCCCCC(=O)NC(CO)C(N)=O)cc1. The molecule has 0 saturated carbocycles. The zero-order chi connectivity index (χ0) is 23.6. The zero-order valence-corrected chi connectivity index (χ0v) is 19.1. The Morgan fingerprint density at radius 2 is 1.56 bits per heavy atom. The molecular weight excluding hydrogens is 412 g/mol. The monoisotopic (exact) mass is 450 g/mol. The van der Waals surface area contributed by atoms with Gasteiger partial charge in [0.05, 0.1) is 25.4 Å². The van der Waals surface area contributed by atoms with Gasteiger partial charge in [-0.05, 0) is 49.9 Å². The summed E-state index contributed by atoms with van der Waals surface area (Å²) < 4.78 is 11.0. The highest BCUT2D eigenvalue weighted by Gasteiger charge is 2.16. The quantitative estimate of drug-likeness (QED) is 0.233. The first-order valence-corrected chi connectivity index (χ1v) is 11.6. The molecule has 8 nitrogen and oxygen atoms in total. The summed E-state index contributed by atoms with van der Waals surface area (Å²) in [5, 5.41) is 11.4. The molecule has 2 amide bonds. The molecule has 0 heterocycles. The number of esters is 1. The van der Waals surface area contributed by atoms with E-state index in [-0.39, 0.29) is 18.3 Å². The van der Waals surface area contributed by atoms with Crippen molar-refractivity contribution in [3.63, 3.8) is 0 Å². The zero-order valence-electron chi connectivity index (χ0n) is 19.1. The van der Waals surface area contributed by atoms with Crippen LogP contribution in [0, 0.1) is 0 Å². The number of benzene rings is 1. The predicted molar refractivity (Wildman–Crippen MR) is 122 cm³/mol. The Hall–Kier alpha value is -2.61. The fourth-order valence-corrected chi connectivity index (χ4v) is 3.05. The molecule has 1 rings (SSSR count). The number of rotatable bonds is 18. The molecule has 1 atom stereocenters. The topological polar surface area (TPSA) is 128 Å². The summed E-state index contributed by atoms with van der Waals surface area (Å²) in [4.78, 5) is 34.7. The number of hydrogen-bond donors (Lipinski definition) is 3. The Morgan fingerprint density at radius 1 is 0.938 bits per heavy atom. The first kappa shape index (κ1) is 27.4. The molecule has 0 fully saturated rings. The summed E-state index contributed by atoms with van der Waals surface area (Å²) in [6.45, 7) is 2.62. The lowest BCUT2D eigenvalue weighted by atomic mass is 10.1. The predicted octanol–water partition coefficient (Wildman–Crippen LogP) is 3.11. The third-order valence-electron chi connectivity index (χ3n) is 5.00. The van der Waals surface area contributed by atoms with Gasteiger partial charge in [-0.1, -0.05) is 39.0 Å². The van der Waals surface area contributed by atoms with Gasteiger partial charge in [-0.15, -0.1) is 0 Å². The number of carbonyl (C=O) groups excluding carboxylic acids is 3. The van der Waals surface area contributed by atoms with Gasteiger partial charge in [0.1, 0.15) is 11.8 Å². The summed E-state index contributed by atoms with van der Waals surface area (Å²) in [5.74, 6) is -0.723. The van der Waals surface area contributed by atoms with E-state index in [1.807, 2.05) is 0 Å². The molecule has 0 aliphatic rings. The molecule has 0 saturated heterocycles. The van der Waals surface area contributed by atoms with Crippen molar-refractivity contribution in [1.29, 1.82) is 0 Å². The van der Waals surface area contributed by atoms with Crippen molar-refractivity contribution in [1.82, 2.24) is 5.32 Å². The van der Waals surface area contributed by atoms with E-state index in [2.05, 4.69) is 12.2 Å². The van der Waals surface area contributed by atoms with Crippen LogP contribution >= 0.6 is 0 Å². The van der Waals surface area contributed by atoms with Crippen molar-refractivity contribution in [2.45, 2.75) is 77.2 Å². The van der Waals surface area contributed by atoms with E-state index in [9.17, 15) is 14.4 Å². The van der Waals surface area contributed by atoms with Gasteiger partial charge in [0.2, 0.25) is 11.8 Å². The molecule has 1 unspecified atom stereocenters. The number of aliphatic hydroxyl groups is 1. The molecule has 0 aliphatic heterocycles. The minimum Gasteiger partial charge on any atom is -0.494 e. The molecular formula is C24H38N2O6. The second-order valence-electron chi connectivity index (χ2n) is 7.79. The molecule has 0 aliphatic carbocycles. The van der Waals surface area contributed by atoms with E-state index in [1.165, 1.54) is 25.7 Å². The number of nitrogens with two attached hydrogens (primary N) is 1. The Bertz CT molecular complexity index is 678. The maximum atomic E-state index is 12.1. The normalized spacial score (nSPS) is 11.6. The lowest BCUT2D eigenvalue weighted by Gasteiger charge is -2.12. The summed E-state index contributed by atoms with van der Waals surface area (Å²) in [7, 11) is 0. The maximum Gasteiger partial charge on any atom is 0.338 e. The van der Waals surface area contributed by atoms with Crippen LogP contribution in [-0.2, 0) is 14.3 Å². The standard InChI is InChI=1S/C24H38N2O6/c1-2-3-4-5-6-9-17-32-24(30)19-12-14-20(15-13-19)31-16-10-7-8-11-22(28)26-21(18-27)23(25)29/h12-15,21,27H,2-11,16-18H2,1H3,(H2,25,29)(H,26,28). The van der Waals surface area contributed by atoms with Crippen LogP contribution in [0.3, 0.4) is 0 Å². The highest BCUT2D eigenvalue weighted by Crippen LogP contribution is 2.14. The number of ether oxygens (including phenoxy) is 2. The molecule has 0 spiro atoms. The largest absolute Gasteiger partial charge is 0.494 e. The molecule has 1 aromatic rings. The minimum atomic E-state index is -1.04. The Labute approximate surface area is 190 Å².